The third-order valence-corrected chi connectivity index (χ3v) is 12.2. The molecule has 3 aliphatic carbocycles. The maximum Gasteiger partial charge on any atom is 0.329 e. The molecule has 3 aromatic rings. The van der Waals surface area contributed by atoms with Gasteiger partial charge in [0.1, 0.15) is 11.3 Å². The van der Waals surface area contributed by atoms with Crippen molar-refractivity contribution in [2.45, 2.75) is 108 Å². The molecule has 0 amide bonds. The Morgan fingerprint density at radius 2 is 1.90 bits per heavy atom. The second-order valence-corrected chi connectivity index (χ2v) is 15.9. The van der Waals surface area contributed by atoms with Crippen molar-refractivity contribution in [3.63, 3.8) is 0 Å². The lowest BCUT2D eigenvalue weighted by Gasteiger charge is -2.47. The number of aliphatic carboxylic acids is 1. The van der Waals surface area contributed by atoms with Crippen LogP contribution >= 0.6 is 11.6 Å². The maximum atomic E-state index is 13.0. The zero-order valence-corrected chi connectivity index (χ0v) is 30.0. The molecule has 1 spiro atoms. The molecule has 49 heavy (non-hydrogen) atoms. The van der Waals surface area contributed by atoms with E-state index in [0.717, 1.165) is 67.9 Å². The minimum Gasteiger partial charge on any atom is -0.493 e. The minimum atomic E-state index is -1.06. The van der Waals surface area contributed by atoms with Crippen LogP contribution in [-0.4, -0.2) is 41.4 Å². The number of nitrogens with one attached hydrogen (secondary N) is 1. The molecule has 4 aliphatic rings. The van der Waals surface area contributed by atoms with Gasteiger partial charge in [-0.25, -0.2) is 4.79 Å². The Morgan fingerprint density at radius 1 is 1.12 bits per heavy atom. The number of carbonyl (C=O) groups is 1. The number of hydrogen-bond donors (Lipinski definition) is 2. The molecular formula is C41H51ClN2O5. The first-order valence-corrected chi connectivity index (χ1v) is 18.9. The summed E-state index contributed by atoms with van der Waals surface area (Å²) in [5.41, 5.74) is 4.64. The Kier molecular flexibility index (Phi) is 9.75. The van der Waals surface area contributed by atoms with Gasteiger partial charge in [0.2, 0.25) is 0 Å². The summed E-state index contributed by atoms with van der Waals surface area (Å²) < 4.78 is 19.4. The molecule has 7 rings (SSSR count). The summed E-state index contributed by atoms with van der Waals surface area (Å²) in [4.78, 5) is 17.7. The highest BCUT2D eigenvalue weighted by Gasteiger charge is 2.54. The monoisotopic (exact) mass is 686 g/mol. The van der Waals surface area contributed by atoms with E-state index in [1.165, 1.54) is 35.2 Å². The standard InChI is InChI=1S/C41H51ClN2O5/c1-4-7-28-24-48-36-20-29-19-30(18-26(2)23-47-35-12-17-43-34-11-5-8-27(3)38(34)35)40(33(29)22-37(36)49-25-28)13-15-41(16-14-40,39(45)46)44-32-10-6-9-31(42)21-32/h6,9-10,12,17,20-22,26-28,30,44H,4-5,7-8,11,13-16,18-19,23-25H2,1-3H3,(H,45,46)/t26-,27-,28+,30+,40?,41?/m1/s1. The van der Waals surface area contributed by atoms with E-state index < -0.39 is 11.5 Å². The predicted molar refractivity (Wildman–Crippen MR) is 193 cm³/mol. The molecule has 262 valence electrons. The second-order valence-electron chi connectivity index (χ2n) is 15.4. The number of carboxylic acids is 1. The van der Waals surface area contributed by atoms with E-state index in [1.54, 1.807) is 0 Å². The fourth-order valence-corrected chi connectivity index (χ4v) is 9.57. The molecule has 1 fully saturated rings. The van der Waals surface area contributed by atoms with Crippen LogP contribution in [0.25, 0.3) is 0 Å². The van der Waals surface area contributed by atoms with E-state index >= 15 is 0 Å². The lowest BCUT2D eigenvalue weighted by Crippen LogP contribution is -2.53. The van der Waals surface area contributed by atoms with Gasteiger partial charge < -0.3 is 24.6 Å². The first-order chi connectivity index (χ1) is 23.7. The molecule has 1 aromatic heterocycles. The average molecular weight is 687 g/mol. The predicted octanol–water partition coefficient (Wildman–Crippen LogP) is 9.39. The molecule has 2 N–H and O–H groups in total. The van der Waals surface area contributed by atoms with E-state index in [9.17, 15) is 9.90 Å². The fourth-order valence-electron chi connectivity index (χ4n) is 9.38. The van der Waals surface area contributed by atoms with Crippen LogP contribution in [0.2, 0.25) is 5.02 Å². The summed E-state index contributed by atoms with van der Waals surface area (Å²) in [7, 11) is 0. The largest absolute Gasteiger partial charge is 0.493 e. The number of benzene rings is 2. The zero-order valence-electron chi connectivity index (χ0n) is 29.2. The molecular weight excluding hydrogens is 636 g/mol. The van der Waals surface area contributed by atoms with Crippen molar-refractivity contribution < 1.29 is 24.1 Å². The Labute approximate surface area is 296 Å². The molecule has 4 atom stereocenters. The van der Waals surface area contributed by atoms with Gasteiger partial charge in [-0.1, -0.05) is 44.9 Å². The Morgan fingerprint density at radius 3 is 2.63 bits per heavy atom. The number of rotatable bonds is 10. The van der Waals surface area contributed by atoms with Crippen molar-refractivity contribution in [2.75, 3.05) is 25.1 Å². The quantitative estimate of drug-likeness (QED) is 0.220. The van der Waals surface area contributed by atoms with Gasteiger partial charge in [-0.15, -0.1) is 0 Å². The number of carboxylic acid groups (broad SMARTS) is 1. The molecule has 0 unspecified atom stereocenters. The van der Waals surface area contributed by atoms with Crippen LogP contribution < -0.4 is 19.5 Å². The summed E-state index contributed by atoms with van der Waals surface area (Å²) in [5, 5.41) is 14.6. The van der Waals surface area contributed by atoms with Crippen molar-refractivity contribution in [1.82, 2.24) is 4.98 Å². The SMILES string of the molecule is CCC[C@H]1COc2cc3c(cc2OC1)C1(CCC(Nc2cccc(Cl)c2)(C(=O)O)CC1)[C@@H](C[C@@H](C)COc1ccnc2c1[C@H](C)CCC2)C3. The van der Waals surface area contributed by atoms with E-state index in [2.05, 4.69) is 43.2 Å². The number of aromatic nitrogens is 1. The fraction of sp³-hybridized carbons (Fsp3) is 0.561. The minimum absolute atomic E-state index is 0.156. The molecule has 8 heteroatoms. The number of fused-ring (bicyclic) bond motifs is 4. The van der Waals surface area contributed by atoms with Gasteiger partial charge in [-0.2, -0.15) is 0 Å². The van der Waals surface area contributed by atoms with Crippen LogP contribution in [0.3, 0.4) is 0 Å². The molecule has 1 aliphatic heterocycles. The topological polar surface area (TPSA) is 89.9 Å². The first-order valence-electron chi connectivity index (χ1n) is 18.5. The Hall–Kier alpha value is -3.45. The van der Waals surface area contributed by atoms with Gasteiger partial charge in [0.05, 0.1) is 19.8 Å². The molecule has 0 bridgehead atoms. The number of halogens is 1. The van der Waals surface area contributed by atoms with Crippen LogP contribution in [0.4, 0.5) is 5.69 Å². The van der Waals surface area contributed by atoms with Gasteiger partial charge in [-0.3, -0.25) is 4.98 Å². The van der Waals surface area contributed by atoms with Gasteiger partial charge in [-0.05, 0) is 135 Å². The van der Waals surface area contributed by atoms with Crippen molar-refractivity contribution in [3.05, 3.63) is 76.1 Å². The number of anilines is 1. The third kappa shape index (κ3) is 6.72. The third-order valence-electron chi connectivity index (χ3n) is 12.0. The number of hydrogen-bond acceptors (Lipinski definition) is 6. The smallest absolute Gasteiger partial charge is 0.329 e. The van der Waals surface area contributed by atoms with Crippen LogP contribution in [-0.2, 0) is 23.1 Å². The highest BCUT2D eigenvalue weighted by atomic mass is 35.5. The van der Waals surface area contributed by atoms with Gasteiger partial charge in [0, 0.05) is 34.1 Å². The van der Waals surface area contributed by atoms with E-state index in [1.807, 2.05) is 36.5 Å². The summed E-state index contributed by atoms with van der Waals surface area (Å²) >= 11 is 6.29. The number of nitrogens with zero attached hydrogens (tertiary/aromatic N) is 1. The highest BCUT2D eigenvalue weighted by Crippen LogP contribution is 2.58. The van der Waals surface area contributed by atoms with Crippen LogP contribution in [0.1, 0.15) is 107 Å². The lowest BCUT2D eigenvalue weighted by molar-refractivity contribution is -0.144. The van der Waals surface area contributed by atoms with Gasteiger partial charge in [0.25, 0.3) is 0 Å². The number of pyridine rings is 1. The molecule has 7 nitrogen and oxygen atoms in total. The molecule has 2 heterocycles. The van der Waals surface area contributed by atoms with Crippen LogP contribution in [0.5, 0.6) is 17.2 Å². The van der Waals surface area contributed by atoms with E-state index in [-0.39, 0.29) is 5.41 Å². The Balaban J connectivity index is 1.15. The van der Waals surface area contributed by atoms with Crippen LogP contribution in [0, 0.1) is 17.8 Å². The van der Waals surface area contributed by atoms with Crippen molar-refractivity contribution in [1.29, 1.82) is 0 Å². The zero-order chi connectivity index (χ0) is 34.2. The summed E-state index contributed by atoms with van der Waals surface area (Å²) in [6.45, 7) is 8.77. The number of aryl methyl sites for hydroxylation is 1. The Bertz CT molecular complexity index is 1670. The normalized spacial score (nSPS) is 27.9. The molecule has 0 radical (unpaired) electrons. The second kappa shape index (κ2) is 14.0. The number of ether oxygens (including phenoxy) is 3. The highest BCUT2D eigenvalue weighted by molar-refractivity contribution is 6.30. The van der Waals surface area contributed by atoms with E-state index in [4.69, 9.17) is 25.8 Å². The van der Waals surface area contributed by atoms with Crippen molar-refractivity contribution in [3.8, 4) is 17.2 Å². The van der Waals surface area contributed by atoms with Crippen molar-refractivity contribution >= 4 is 23.3 Å². The summed E-state index contributed by atoms with van der Waals surface area (Å²) in [6.07, 6.45) is 12.0. The van der Waals surface area contributed by atoms with Crippen LogP contribution in [0.15, 0.2) is 48.7 Å². The summed E-state index contributed by atoms with van der Waals surface area (Å²) in [6, 6.07) is 13.9. The lowest BCUT2D eigenvalue weighted by atomic mass is 9.59. The van der Waals surface area contributed by atoms with Gasteiger partial charge in [0.15, 0.2) is 11.5 Å². The van der Waals surface area contributed by atoms with E-state index in [0.29, 0.717) is 61.4 Å². The molecule has 1 saturated carbocycles. The maximum absolute atomic E-state index is 13.0. The molecule has 0 saturated heterocycles. The average Bonchev–Trinajstić information content (AvgIpc) is 3.21. The first kappa shape index (κ1) is 34.0. The molecule has 2 aromatic carbocycles. The summed E-state index contributed by atoms with van der Waals surface area (Å²) in [5.74, 6) is 3.37. The van der Waals surface area contributed by atoms with Crippen molar-refractivity contribution in [2.24, 2.45) is 17.8 Å². The van der Waals surface area contributed by atoms with Gasteiger partial charge >= 0.3 is 5.97 Å².